The summed E-state index contributed by atoms with van der Waals surface area (Å²) in [7, 11) is 0. The molecule has 3 nitrogen and oxygen atoms in total. The predicted molar refractivity (Wildman–Crippen MR) is 262 cm³/mol. The smallest absolute Gasteiger partial charge is 0.811 e. The molecule has 0 unspecified atom stereocenters. The molecule has 0 aliphatic heterocycles. The van der Waals surface area contributed by atoms with E-state index < -0.39 is 37.3 Å². The van der Waals surface area contributed by atoms with Gasteiger partial charge in [-0.05, 0) is 88.5 Å². The first kappa shape index (κ1) is 35.2. The zero-order valence-corrected chi connectivity index (χ0v) is 39.1. The van der Waals surface area contributed by atoms with Crippen LogP contribution in [0.5, 0.6) is 0 Å². The fourth-order valence-corrected chi connectivity index (χ4v) is 6.77. The van der Waals surface area contributed by atoms with E-state index in [1.54, 1.807) is 58.9 Å². The van der Waals surface area contributed by atoms with Crippen LogP contribution in [0.15, 0.2) is 146 Å². The molecule has 0 amide bonds. The van der Waals surface area contributed by atoms with Crippen LogP contribution in [-0.2, 0) is 26.5 Å². The number of fused-ring (bicyclic) bond motifs is 1. The van der Waals surface area contributed by atoms with Gasteiger partial charge in [0.2, 0.25) is 0 Å². The number of rotatable bonds is 12. The quantitative estimate of drug-likeness (QED) is 0.0684. The number of allylic oxidation sites excluding steroid dienone is 9. The maximum absolute atomic E-state index is 9.27. The second kappa shape index (κ2) is 21.9. The van der Waals surface area contributed by atoms with Crippen LogP contribution < -0.4 is 0 Å². The Balaban J connectivity index is 0.000000346. The van der Waals surface area contributed by atoms with Crippen molar-refractivity contribution in [1.82, 2.24) is 9.55 Å². The van der Waals surface area contributed by atoms with E-state index >= 15 is 0 Å². The van der Waals surface area contributed by atoms with Crippen molar-refractivity contribution in [3.8, 4) is 17.1 Å². The molecule has 6 aromatic rings. The van der Waals surface area contributed by atoms with Gasteiger partial charge in [0.25, 0.3) is 0 Å². The summed E-state index contributed by atoms with van der Waals surface area (Å²) in [4.78, 5) is 4.94. The van der Waals surface area contributed by atoms with Gasteiger partial charge in [0.15, 0.2) is 0 Å². The molecule has 0 aliphatic rings. The van der Waals surface area contributed by atoms with Gasteiger partial charge in [-0.3, -0.25) is 4.98 Å². The Morgan fingerprint density at radius 2 is 1.62 bits per heavy atom. The van der Waals surface area contributed by atoms with Crippen LogP contribution in [0.1, 0.15) is 134 Å². The molecule has 1 heterocycles. The van der Waals surface area contributed by atoms with Crippen LogP contribution in [0, 0.1) is 24.4 Å². The van der Waals surface area contributed by atoms with Gasteiger partial charge < -0.3 is 9.98 Å². The van der Waals surface area contributed by atoms with Gasteiger partial charge in [-0.15, -0.1) is 70.8 Å². The zero-order chi connectivity index (χ0) is 52.2. The summed E-state index contributed by atoms with van der Waals surface area (Å²) in [6.07, 6.45) is 7.93. The van der Waals surface area contributed by atoms with Crippen molar-refractivity contribution in [2.24, 2.45) is 5.41 Å². The van der Waals surface area contributed by atoms with Crippen molar-refractivity contribution >= 4 is 34.0 Å². The largest absolute Gasteiger partial charge is 3.00 e. The Bertz CT molecular complexity index is 2940. The van der Waals surface area contributed by atoms with Crippen molar-refractivity contribution in [3.63, 3.8) is 0 Å². The molecule has 0 saturated heterocycles. The van der Waals surface area contributed by atoms with Crippen molar-refractivity contribution in [3.05, 3.63) is 202 Å². The summed E-state index contributed by atoms with van der Waals surface area (Å²) in [5, 5.41) is 9.27. The molecule has 0 fully saturated rings. The van der Waals surface area contributed by atoms with Gasteiger partial charge in [0.1, 0.15) is 0 Å². The van der Waals surface area contributed by atoms with E-state index in [4.69, 9.17) is 18.7 Å². The molecule has 314 valence electrons. The number of nitrogens with zero attached hydrogens (tertiary/aromatic N) is 3. The van der Waals surface area contributed by atoms with Crippen molar-refractivity contribution < 1.29 is 33.8 Å². The minimum absolute atomic E-state index is 0. The molecule has 0 atom stereocenters. The topological polar surface area (TPSA) is 40.1 Å². The second-order valence-electron chi connectivity index (χ2n) is 16.0. The van der Waals surface area contributed by atoms with E-state index in [2.05, 4.69) is 18.7 Å². The van der Waals surface area contributed by atoms with Crippen molar-refractivity contribution in [2.75, 3.05) is 0 Å². The number of para-hydroxylation sites is 3. The SMILES string of the molecule is [2H]C([2H])([2H])/C(=C/C=C\C)C(=C)c1cc(-c2nc3ccccc3n2-c2c(C([2H])(C)C)cccc2C([2H])(C)C)[c-]cc1C([2H])([2H])[2H].[2H]C([2H])(c1ccc(C(/C=C(\C)c2[c-]cccc2)=C/C=[N-])cc1)C(C)(C)C.[Ir+3]. The molecule has 0 aliphatic carbocycles. The third-order valence-electron chi connectivity index (χ3n) is 9.69. The average molecular weight is 991 g/mol. The third-order valence-corrected chi connectivity index (χ3v) is 9.69. The van der Waals surface area contributed by atoms with Gasteiger partial charge in [0.05, 0.1) is 16.9 Å². The average Bonchev–Trinajstić information content (AvgIpc) is 3.67. The first-order chi connectivity index (χ1) is 32.4. The van der Waals surface area contributed by atoms with Gasteiger partial charge in [-0.25, -0.2) is 0 Å². The maximum Gasteiger partial charge on any atom is 3.00 e. The predicted octanol–water partition coefficient (Wildman–Crippen LogP) is 15.8. The molecule has 0 bridgehead atoms. The molecule has 5 aromatic carbocycles. The summed E-state index contributed by atoms with van der Waals surface area (Å²) >= 11 is 0. The minimum Gasteiger partial charge on any atom is -0.811 e. The van der Waals surface area contributed by atoms with E-state index in [0.717, 1.165) is 34.0 Å². The summed E-state index contributed by atoms with van der Waals surface area (Å²) in [5.41, 5.74) is 7.81. The first-order valence-corrected chi connectivity index (χ1v) is 20.1. The van der Waals surface area contributed by atoms with Crippen LogP contribution in [0.25, 0.3) is 50.2 Å². The number of aromatic nitrogens is 2. The van der Waals surface area contributed by atoms with Gasteiger partial charge >= 0.3 is 20.1 Å². The molecule has 0 N–H and O–H groups in total. The monoisotopic (exact) mass is 992 g/mol. The van der Waals surface area contributed by atoms with Gasteiger partial charge in [0, 0.05) is 19.4 Å². The Morgan fingerprint density at radius 1 is 0.934 bits per heavy atom. The summed E-state index contributed by atoms with van der Waals surface area (Å²) in [6, 6.07) is 37.6. The Hall–Kier alpha value is -5.41. The van der Waals surface area contributed by atoms with Gasteiger partial charge in [-0.1, -0.05) is 159 Å². The molecule has 6 rings (SSSR count). The molecular weight excluding hydrogens is 919 g/mol. The van der Waals surface area contributed by atoms with E-state index in [-0.39, 0.29) is 42.4 Å². The Kier molecular flexibility index (Phi) is 12.6. The third kappa shape index (κ3) is 12.3. The van der Waals surface area contributed by atoms with Crippen LogP contribution >= 0.6 is 0 Å². The Labute approximate surface area is 394 Å². The summed E-state index contributed by atoms with van der Waals surface area (Å²) in [6.45, 7) is 15.6. The van der Waals surface area contributed by atoms with E-state index in [0.29, 0.717) is 39.3 Å². The number of benzene rings is 5. The first-order valence-electron chi connectivity index (χ1n) is 25.1. The van der Waals surface area contributed by atoms with Crippen LogP contribution in [0.2, 0.25) is 0 Å². The van der Waals surface area contributed by atoms with E-state index in [1.807, 2.05) is 129 Å². The normalized spacial score (nSPS) is 15.9. The van der Waals surface area contributed by atoms with Crippen molar-refractivity contribution in [2.45, 2.75) is 94.2 Å². The van der Waals surface area contributed by atoms with Crippen LogP contribution in [0.4, 0.5) is 0 Å². The fourth-order valence-electron chi connectivity index (χ4n) is 6.77. The summed E-state index contributed by atoms with van der Waals surface area (Å²) in [5.74, 6) is -1.67. The van der Waals surface area contributed by atoms with E-state index in [1.165, 1.54) is 12.1 Å². The van der Waals surface area contributed by atoms with Crippen LogP contribution in [0.3, 0.4) is 0 Å². The fraction of sp³-hybridized carbons (Fsp3) is 0.263. The minimum atomic E-state index is -2.57. The second-order valence-corrected chi connectivity index (χ2v) is 16.0. The molecule has 0 radical (unpaired) electrons. The van der Waals surface area contributed by atoms with Crippen molar-refractivity contribution in [1.29, 1.82) is 0 Å². The number of hydrogen-bond acceptors (Lipinski definition) is 1. The zero-order valence-electron chi connectivity index (χ0n) is 46.7. The van der Waals surface area contributed by atoms with Crippen LogP contribution in [-0.4, -0.2) is 15.8 Å². The number of hydrogen-bond donors (Lipinski definition) is 0. The Morgan fingerprint density at radius 3 is 2.21 bits per heavy atom. The standard InChI is InChI=1S/C34H37N2.C23H25N.Ir/c1-9-10-14-24(6)26(8)30-21-27(20-19-25(30)7)34-35-31-17-11-12-18-32(31)36(34)33-28(22(2)3)15-13-16-29(33)23(4)5;1-18(20-8-6-5-7-9-20)16-22(14-15-24)21-12-10-19(11-13-21)17-23(2,3)4;/h9-19,21-23H,8H2,1-7H3;5-8,10-16H,17H2,1-4H3;/q-1;-2;+3/b10-9-,24-14-;18-16+,22-14+;/i6D3,7D3,22D,23D;17D2;. The molecule has 1 aromatic heterocycles. The van der Waals surface area contributed by atoms with E-state index in [9.17, 15) is 5.41 Å². The maximum atomic E-state index is 9.27. The number of aryl methyl sites for hydroxylation is 1. The molecule has 0 saturated carbocycles. The molecule has 4 heteroatoms. The molecule has 61 heavy (non-hydrogen) atoms. The van der Waals surface area contributed by atoms with Gasteiger partial charge in [-0.2, -0.15) is 6.21 Å². The summed E-state index contributed by atoms with van der Waals surface area (Å²) < 4.78 is 85.8. The number of imidazole rings is 1. The molecule has 0 spiro atoms. The molecular formula is C57H62IrN3.